The molecule has 24 heavy (non-hydrogen) atoms. The van der Waals surface area contributed by atoms with Crippen LogP contribution in [0, 0.1) is 6.92 Å². The minimum atomic E-state index is -0.424. The van der Waals surface area contributed by atoms with E-state index in [4.69, 9.17) is 14.0 Å². The van der Waals surface area contributed by atoms with Crippen LogP contribution < -0.4 is 0 Å². The minimum absolute atomic E-state index is 0.339. The van der Waals surface area contributed by atoms with Gasteiger partial charge in [-0.25, -0.2) is 4.79 Å². The van der Waals surface area contributed by atoms with E-state index in [9.17, 15) is 4.79 Å². The fourth-order valence-corrected chi connectivity index (χ4v) is 2.71. The second kappa shape index (κ2) is 6.94. The molecule has 0 bridgehead atoms. The van der Waals surface area contributed by atoms with E-state index in [2.05, 4.69) is 12.6 Å². The molecule has 130 valence electrons. The van der Waals surface area contributed by atoms with Crippen molar-refractivity contribution in [1.82, 2.24) is 0 Å². The van der Waals surface area contributed by atoms with E-state index in [0.717, 1.165) is 16.6 Å². The molecule has 0 aromatic heterocycles. The van der Waals surface area contributed by atoms with Gasteiger partial charge in [0.15, 0.2) is 0 Å². The van der Waals surface area contributed by atoms with Gasteiger partial charge >= 0.3 is 13.1 Å². The van der Waals surface area contributed by atoms with Crippen LogP contribution in [0.3, 0.4) is 0 Å². The summed E-state index contributed by atoms with van der Waals surface area (Å²) in [6, 6.07) is 5.47. The first-order valence-electron chi connectivity index (χ1n) is 7.97. The van der Waals surface area contributed by atoms with Crippen LogP contribution >= 0.6 is 12.6 Å². The Balaban J connectivity index is 2.30. The van der Waals surface area contributed by atoms with E-state index in [1.807, 2.05) is 52.8 Å². The maximum Gasteiger partial charge on any atom is 0.491 e. The summed E-state index contributed by atoms with van der Waals surface area (Å²) in [5.41, 5.74) is 2.70. The number of methoxy groups -OCH3 is 1. The highest BCUT2D eigenvalue weighted by molar-refractivity contribution is 7.80. The van der Waals surface area contributed by atoms with Crippen LogP contribution in [-0.2, 0) is 14.0 Å². The summed E-state index contributed by atoms with van der Waals surface area (Å²) >= 11 is 4.43. The van der Waals surface area contributed by atoms with Crippen LogP contribution in [0.25, 0.3) is 6.08 Å². The third-order valence-corrected chi connectivity index (χ3v) is 5.14. The molecule has 0 radical (unpaired) electrons. The summed E-state index contributed by atoms with van der Waals surface area (Å²) < 4.78 is 16.9. The van der Waals surface area contributed by atoms with Gasteiger partial charge in [-0.05, 0) is 63.4 Å². The number of carbonyl (C=O) groups is 1. The fraction of sp³-hybridized carbons (Fsp3) is 0.500. The van der Waals surface area contributed by atoms with Gasteiger partial charge in [-0.3, -0.25) is 0 Å². The molecular weight excluding hydrogens is 323 g/mol. The maximum absolute atomic E-state index is 11.6. The Morgan fingerprint density at radius 1 is 1.25 bits per heavy atom. The first-order valence-corrected chi connectivity index (χ1v) is 8.60. The van der Waals surface area contributed by atoms with Gasteiger partial charge in [0, 0.05) is 5.75 Å². The number of esters is 1. The molecule has 2 rings (SSSR count). The zero-order chi connectivity index (χ0) is 18.1. The smallest absolute Gasteiger partial charge is 0.465 e. The number of carbonyl (C=O) groups excluding carboxylic acids is 1. The summed E-state index contributed by atoms with van der Waals surface area (Å²) in [4.78, 5) is 11.6. The maximum atomic E-state index is 11.6. The standard InChI is InChI=1S/C18H25BO4S/c1-12-9-14(16(20)21-6)8-7-13(12)10-15(11-24)19-22-17(2,3)18(4,5)23-19/h7-10,24H,11H2,1-6H3. The Morgan fingerprint density at radius 2 is 1.83 bits per heavy atom. The van der Waals surface area contributed by atoms with E-state index in [0.29, 0.717) is 11.3 Å². The number of hydrogen-bond donors (Lipinski definition) is 1. The predicted octanol–water partition coefficient (Wildman–Crippen LogP) is 3.73. The van der Waals surface area contributed by atoms with Crippen molar-refractivity contribution in [2.75, 3.05) is 12.9 Å². The lowest BCUT2D eigenvalue weighted by Gasteiger charge is -2.32. The highest BCUT2D eigenvalue weighted by Gasteiger charge is 2.52. The summed E-state index contributed by atoms with van der Waals surface area (Å²) in [5.74, 6) is 0.184. The molecule has 1 heterocycles. The second-order valence-electron chi connectivity index (χ2n) is 7.03. The molecule has 0 unspecified atom stereocenters. The number of rotatable bonds is 4. The van der Waals surface area contributed by atoms with Gasteiger partial charge in [0.25, 0.3) is 0 Å². The number of thiol groups is 1. The zero-order valence-electron chi connectivity index (χ0n) is 15.2. The molecule has 0 saturated carbocycles. The highest BCUT2D eigenvalue weighted by atomic mass is 32.1. The van der Waals surface area contributed by atoms with Crippen molar-refractivity contribution in [3.05, 3.63) is 40.4 Å². The largest absolute Gasteiger partial charge is 0.491 e. The van der Waals surface area contributed by atoms with Crippen LogP contribution in [0.1, 0.15) is 49.2 Å². The Morgan fingerprint density at radius 3 is 2.29 bits per heavy atom. The molecule has 1 aliphatic heterocycles. The van der Waals surface area contributed by atoms with Gasteiger partial charge in [0.2, 0.25) is 0 Å². The number of aryl methyl sites for hydroxylation is 1. The Kier molecular flexibility index (Phi) is 5.52. The monoisotopic (exact) mass is 348 g/mol. The third kappa shape index (κ3) is 3.71. The van der Waals surface area contributed by atoms with E-state index in [1.54, 1.807) is 6.07 Å². The van der Waals surface area contributed by atoms with Gasteiger partial charge in [-0.1, -0.05) is 12.1 Å². The topological polar surface area (TPSA) is 44.8 Å². The van der Waals surface area contributed by atoms with Gasteiger partial charge in [0.05, 0.1) is 23.9 Å². The number of ether oxygens (including phenoxy) is 1. The molecular formula is C18H25BO4S. The molecule has 1 saturated heterocycles. The molecule has 1 aromatic carbocycles. The molecule has 1 fully saturated rings. The van der Waals surface area contributed by atoms with E-state index >= 15 is 0 Å². The van der Waals surface area contributed by atoms with Crippen molar-refractivity contribution in [3.63, 3.8) is 0 Å². The molecule has 1 aliphatic rings. The van der Waals surface area contributed by atoms with E-state index in [-0.39, 0.29) is 17.2 Å². The molecule has 0 amide bonds. The average molecular weight is 348 g/mol. The average Bonchev–Trinajstić information content (AvgIpc) is 2.73. The number of hydrogen-bond acceptors (Lipinski definition) is 5. The second-order valence-corrected chi connectivity index (χ2v) is 7.34. The minimum Gasteiger partial charge on any atom is -0.465 e. The Bertz CT molecular complexity index is 651. The van der Waals surface area contributed by atoms with Gasteiger partial charge < -0.3 is 14.0 Å². The van der Waals surface area contributed by atoms with Gasteiger partial charge in [0.1, 0.15) is 0 Å². The lowest BCUT2D eigenvalue weighted by molar-refractivity contribution is 0.00578. The lowest BCUT2D eigenvalue weighted by atomic mass is 9.78. The van der Waals surface area contributed by atoms with Crippen molar-refractivity contribution in [1.29, 1.82) is 0 Å². The van der Waals surface area contributed by atoms with Crippen LogP contribution in [0.4, 0.5) is 0 Å². The molecule has 0 spiro atoms. The van der Waals surface area contributed by atoms with Crippen LogP contribution in [0.2, 0.25) is 0 Å². The summed E-state index contributed by atoms with van der Waals surface area (Å²) in [6.07, 6.45) is 2.02. The van der Waals surface area contributed by atoms with Crippen molar-refractivity contribution in [2.24, 2.45) is 0 Å². The Labute approximate surface area is 150 Å². The normalized spacial score (nSPS) is 19.5. The molecule has 4 nitrogen and oxygen atoms in total. The van der Waals surface area contributed by atoms with Gasteiger partial charge in [-0.15, -0.1) is 0 Å². The molecule has 0 aliphatic carbocycles. The first kappa shape index (κ1) is 19.1. The predicted molar refractivity (Wildman–Crippen MR) is 100 cm³/mol. The Hall–Kier alpha value is -1.24. The summed E-state index contributed by atoms with van der Waals surface area (Å²) in [5, 5.41) is 0. The SMILES string of the molecule is COC(=O)c1ccc(C=C(CS)B2OC(C)(C)C(C)(C)O2)c(C)c1. The molecule has 0 N–H and O–H groups in total. The summed E-state index contributed by atoms with van der Waals surface area (Å²) in [6.45, 7) is 10.1. The third-order valence-electron chi connectivity index (χ3n) is 4.77. The molecule has 1 aromatic rings. The van der Waals surface area contributed by atoms with Gasteiger partial charge in [-0.2, -0.15) is 12.6 Å². The summed E-state index contributed by atoms with van der Waals surface area (Å²) in [7, 11) is 0.954. The molecule has 0 atom stereocenters. The van der Waals surface area contributed by atoms with Crippen molar-refractivity contribution < 1.29 is 18.8 Å². The van der Waals surface area contributed by atoms with E-state index in [1.165, 1.54) is 7.11 Å². The first-order chi connectivity index (χ1) is 11.1. The fourth-order valence-electron chi connectivity index (χ4n) is 2.46. The van der Waals surface area contributed by atoms with Crippen molar-refractivity contribution >= 4 is 31.8 Å². The zero-order valence-corrected chi connectivity index (χ0v) is 16.1. The molecule has 6 heteroatoms. The van der Waals surface area contributed by atoms with Crippen molar-refractivity contribution in [2.45, 2.75) is 45.8 Å². The van der Waals surface area contributed by atoms with E-state index < -0.39 is 7.12 Å². The highest BCUT2D eigenvalue weighted by Crippen LogP contribution is 2.39. The van der Waals surface area contributed by atoms with Crippen LogP contribution in [-0.4, -0.2) is 37.2 Å². The quantitative estimate of drug-likeness (QED) is 0.512. The lowest BCUT2D eigenvalue weighted by Crippen LogP contribution is -2.41. The van der Waals surface area contributed by atoms with Crippen LogP contribution in [0.15, 0.2) is 23.7 Å². The number of benzene rings is 1. The van der Waals surface area contributed by atoms with Crippen molar-refractivity contribution in [3.8, 4) is 0 Å². The van der Waals surface area contributed by atoms with Crippen LogP contribution in [0.5, 0.6) is 0 Å².